The summed E-state index contributed by atoms with van der Waals surface area (Å²) in [5, 5.41) is 1.34. The molecule has 0 bridgehead atoms. The first-order valence-corrected chi connectivity index (χ1v) is 10.9. The van der Waals surface area contributed by atoms with Crippen LogP contribution in [0.2, 0.25) is 10.0 Å². The molecule has 2 aromatic carbocycles. The van der Waals surface area contributed by atoms with Gasteiger partial charge in [-0.15, -0.1) is 0 Å². The molecular weight excluding hydrogens is 413 g/mol. The molecule has 0 amide bonds. The number of hydrogen-bond acceptors (Lipinski definition) is 2. The van der Waals surface area contributed by atoms with Gasteiger partial charge in [0.2, 0.25) is 0 Å². The zero-order chi connectivity index (χ0) is 21.0. The van der Waals surface area contributed by atoms with Crippen LogP contribution < -0.4 is 4.90 Å². The largest absolute Gasteiger partial charge is 0.369 e. The van der Waals surface area contributed by atoms with Crippen molar-refractivity contribution in [3.8, 4) is 0 Å². The van der Waals surface area contributed by atoms with Gasteiger partial charge in [0, 0.05) is 19.2 Å². The molecule has 2 nitrogen and oxygen atoms in total. The van der Waals surface area contributed by atoms with Crippen molar-refractivity contribution in [1.29, 1.82) is 0 Å². The van der Waals surface area contributed by atoms with Crippen LogP contribution in [-0.4, -0.2) is 38.6 Å². The highest BCUT2D eigenvalue weighted by atomic mass is 35.5. The van der Waals surface area contributed by atoms with E-state index >= 15 is 0 Å². The number of benzene rings is 2. The summed E-state index contributed by atoms with van der Waals surface area (Å²) in [7, 11) is 4.13. The molecule has 0 radical (unpaired) electrons. The van der Waals surface area contributed by atoms with Crippen LogP contribution in [-0.2, 0) is 12.8 Å². The van der Waals surface area contributed by atoms with Crippen molar-refractivity contribution < 1.29 is 8.78 Å². The Morgan fingerprint density at radius 3 is 2.48 bits per heavy atom. The Bertz CT molecular complexity index is 819. The van der Waals surface area contributed by atoms with E-state index < -0.39 is 11.6 Å². The molecular formula is C23H28Cl2F2N2. The molecule has 1 aliphatic heterocycles. The Balaban J connectivity index is 1.69. The highest BCUT2D eigenvalue weighted by molar-refractivity contribution is 6.39. The van der Waals surface area contributed by atoms with E-state index in [0.29, 0.717) is 22.0 Å². The second kappa shape index (κ2) is 10.1. The van der Waals surface area contributed by atoms with Crippen molar-refractivity contribution in [2.75, 3.05) is 38.6 Å². The molecule has 1 heterocycles. The summed E-state index contributed by atoms with van der Waals surface area (Å²) in [6.07, 6.45) is 4.56. The third-order valence-corrected chi connectivity index (χ3v) is 6.08. The Morgan fingerprint density at radius 1 is 1.10 bits per heavy atom. The van der Waals surface area contributed by atoms with E-state index in [1.165, 1.54) is 6.07 Å². The van der Waals surface area contributed by atoms with Gasteiger partial charge in [0.25, 0.3) is 0 Å². The minimum Gasteiger partial charge on any atom is -0.369 e. The fourth-order valence-electron chi connectivity index (χ4n) is 4.10. The zero-order valence-corrected chi connectivity index (χ0v) is 18.5. The van der Waals surface area contributed by atoms with E-state index in [1.54, 1.807) is 6.07 Å². The molecule has 1 unspecified atom stereocenters. The molecule has 1 atom stereocenters. The second-order valence-corrected chi connectivity index (χ2v) is 9.02. The van der Waals surface area contributed by atoms with E-state index in [4.69, 9.17) is 23.2 Å². The first kappa shape index (κ1) is 22.3. The van der Waals surface area contributed by atoms with Crippen LogP contribution in [0.4, 0.5) is 14.5 Å². The maximum absolute atomic E-state index is 14.1. The third-order valence-electron chi connectivity index (χ3n) is 5.51. The van der Waals surface area contributed by atoms with Gasteiger partial charge in [-0.25, -0.2) is 8.78 Å². The SMILES string of the molecule is CN(C)CCCc1cc(Cl)c(N2CCCC(Cc3ccc(F)cc3F)C2)c(Cl)c1. The van der Waals surface area contributed by atoms with Crippen molar-refractivity contribution in [1.82, 2.24) is 4.90 Å². The van der Waals surface area contributed by atoms with E-state index in [9.17, 15) is 8.78 Å². The first-order valence-electron chi connectivity index (χ1n) is 10.1. The lowest BCUT2D eigenvalue weighted by Crippen LogP contribution is -2.36. The van der Waals surface area contributed by atoms with Gasteiger partial charge in [-0.05, 0) is 88.0 Å². The summed E-state index contributed by atoms with van der Waals surface area (Å²) in [6, 6.07) is 7.86. The topological polar surface area (TPSA) is 6.48 Å². The van der Waals surface area contributed by atoms with Gasteiger partial charge in [0.1, 0.15) is 11.6 Å². The quantitative estimate of drug-likeness (QED) is 0.503. The summed E-state index contributed by atoms with van der Waals surface area (Å²) < 4.78 is 27.2. The molecule has 2 aromatic rings. The van der Waals surface area contributed by atoms with Crippen LogP contribution in [0, 0.1) is 17.6 Å². The molecule has 0 aromatic heterocycles. The fraction of sp³-hybridized carbons (Fsp3) is 0.478. The van der Waals surface area contributed by atoms with Gasteiger partial charge >= 0.3 is 0 Å². The number of aryl methyl sites for hydroxylation is 1. The van der Waals surface area contributed by atoms with Gasteiger partial charge in [0.15, 0.2) is 0 Å². The Hall–Kier alpha value is -1.36. The van der Waals surface area contributed by atoms with Crippen LogP contribution in [0.15, 0.2) is 30.3 Å². The smallest absolute Gasteiger partial charge is 0.129 e. The molecule has 3 rings (SSSR count). The monoisotopic (exact) mass is 440 g/mol. The number of rotatable bonds is 7. The van der Waals surface area contributed by atoms with Crippen LogP contribution >= 0.6 is 23.2 Å². The minimum atomic E-state index is -0.541. The van der Waals surface area contributed by atoms with Gasteiger partial charge in [0.05, 0.1) is 15.7 Å². The van der Waals surface area contributed by atoms with Crippen molar-refractivity contribution in [3.05, 3.63) is 63.1 Å². The molecule has 1 aliphatic rings. The van der Waals surface area contributed by atoms with Gasteiger partial charge < -0.3 is 9.80 Å². The standard InChI is InChI=1S/C23H28Cl2F2N2/c1-28(2)9-3-5-16-12-20(24)23(21(25)13-16)29-10-4-6-17(15-29)11-18-7-8-19(26)14-22(18)27/h7-8,12-14,17H,3-6,9-11,15H2,1-2H3. The van der Waals surface area contributed by atoms with Crippen molar-refractivity contribution in [3.63, 3.8) is 0 Å². The maximum Gasteiger partial charge on any atom is 0.129 e. The van der Waals surface area contributed by atoms with Crippen LogP contribution in [0.25, 0.3) is 0 Å². The number of hydrogen-bond donors (Lipinski definition) is 0. The molecule has 158 valence electrons. The number of nitrogens with zero attached hydrogens (tertiary/aromatic N) is 2. The Labute approximate surface area is 182 Å². The molecule has 1 saturated heterocycles. The number of halogens is 4. The summed E-state index contributed by atoms with van der Waals surface area (Å²) in [4.78, 5) is 4.37. The minimum absolute atomic E-state index is 0.274. The summed E-state index contributed by atoms with van der Waals surface area (Å²) in [6.45, 7) is 2.66. The lowest BCUT2D eigenvalue weighted by molar-refractivity contribution is 0.400. The van der Waals surface area contributed by atoms with Crippen LogP contribution in [0.3, 0.4) is 0 Å². The van der Waals surface area contributed by atoms with Crippen LogP contribution in [0.5, 0.6) is 0 Å². The number of anilines is 1. The van der Waals surface area contributed by atoms with Crippen molar-refractivity contribution in [2.45, 2.75) is 32.1 Å². The molecule has 0 aliphatic carbocycles. The highest BCUT2D eigenvalue weighted by Crippen LogP contribution is 2.38. The lowest BCUT2D eigenvalue weighted by Gasteiger charge is -2.35. The van der Waals surface area contributed by atoms with Crippen molar-refractivity contribution in [2.24, 2.45) is 5.92 Å². The molecule has 1 fully saturated rings. The van der Waals surface area contributed by atoms with Crippen molar-refractivity contribution >= 4 is 28.9 Å². The first-order chi connectivity index (χ1) is 13.8. The average molecular weight is 441 g/mol. The average Bonchev–Trinajstić information content (AvgIpc) is 2.64. The van der Waals surface area contributed by atoms with Gasteiger partial charge in [-0.2, -0.15) is 0 Å². The molecule has 29 heavy (non-hydrogen) atoms. The zero-order valence-electron chi connectivity index (χ0n) is 17.0. The van der Waals surface area contributed by atoms with Gasteiger partial charge in [-0.1, -0.05) is 29.3 Å². The van der Waals surface area contributed by atoms with E-state index in [1.807, 2.05) is 12.1 Å². The number of piperidine rings is 1. The molecule has 0 saturated carbocycles. The summed E-state index contributed by atoms with van der Waals surface area (Å²) >= 11 is 13.2. The summed E-state index contributed by atoms with van der Waals surface area (Å²) in [5.74, 6) is -0.739. The molecule has 0 N–H and O–H groups in total. The van der Waals surface area contributed by atoms with Gasteiger partial charge in [-0.3, -0.25) is 0 Å². The normalized spacial score (nSPS) is 17.2. The summed E-state index contributed by atoms with van der Waals surface area (Å²) in [5.41, 5.74) is 2.58. The van der Waals surface area contributed by atoms with E-state index in [0.717, 1.165) is 62.6 Å². The second-order valence-electron chi connectivity index (χ2n) is 8.21. The highest BCUT2D eigenvalue weighted by Gasteiger charge is 2.24. The van der Waals surface area contributed by atoms with E-state index in [-0.39, 0.29) is 5.92 Å². The lowest BCUT2D eigenvalue weighted by atomic mass is 9.90. The van der Waals surface area contributed by atoms with Crippen LogP contribution in [0.1, 0.15) is 30.4 Å². The fourth-order valence-corrected chi connectivity index (χ4v) is 4.87. The third kappa shape index (κ3) is 6.07. The van der Waals surface area contributed by atoms with E-state index in [2.05, 4.69) is 23.9 Å². The Kier molecular flexibility index (Phi) is 7.78. The molecule has 0 spiro atoms. The Morgan fingerprint density at radius 2 is 1.83 bits per heavy atom. The molecule has 6 heteroatoms. The predicted octanol–water partition coefficient (Wildman–Crippen LogP) is 6.22. The predicted molar refractivity (Wildman–Crippen MR) is 118 cm³/mol. The maximum atomic E-state index is 14.1.